The van der Waals surface area contributed by atoms with E-state index in [9.17, 15) is 4.79 Å². The number of aliphatic hydroxyl groups is 1. The molecule has 0 radical (unpaired) electrons. The third-order valence-corrected chi connectivity index (χ3v) is 4.18. The molecule has 1 aromatic carbocycles. The van der Waals surface area contributed by atoms with Crippen molar-refractivity contribution in [1.29, 1.82) is 0 Å². The normalized spacial score (nSPS) is 17.0. The van der Waals surface area contributed by atoms with E-state index in [0.29, 0.717) is 18.5 Å². The van der Waals surface area contributed by atoms with Crippen LogP contribution in [0.3, 0.4) is 0 Å². The molecule has 1 atom stereocenters. The summed E-state index contributed by atoms with van der Waals surface area (Å²) in [7, 11) is 0. The second kappa shape index (κ2) is 8.79. The van der Waals surface area contributed by atoms with Crippen molar-refractivity contribution in [2.24, 2.45) is 5.92 Å². The molecule has 2 rings (SSSR count). The standard InChI is InChI=1S/C18H27NO3/c1-14(10-11-20)13-19-18(21)15-6-5-9-17(12-15)22-16-7-3-2-4-8-16/h5-6,9,12,14,16,20H,2-4,7-8,10-11,13H2,1H3,(H,19,21). The highest BCUT2D eigenvalue weighted by Gasteiger charge is 2.15. The molecule has 4 heteroatoms. The SMILES string of the molecule is CC(CCO)CNC(=O)c1cccc(OC2CCCCC2)c1. The predicted octanol–water partition coefficient (Wildman–Crippen LogP) is 3.15. The van der Waals surface area contributed by atoms with Crippen LogP contribution in [0.15, 0.2) is 24.3 Å². The Morgan fingerprint density at radius 2 is 2.14 bits per heavy atom. The molecular formula is C18H27NO3. The molecule has 1 aromatic rings. The van der Waals surface area contributed by atoms with E-state index in [-0.39, 0.29) is 24.5 Å². The lowest BCUT2D eigenvalue weighted by molar-refractivity contribution is 0.0944. The van der Waals surface area contributed by atoms with Gasteiger partial charge in [-0.2, -0.15) is 0 Å². The van der Waals surface area contributed by atoms with Crippen molar-refractivity contribution in [2.45, 2.75) is 51.6 Å². The molecule has 4 nitrogen and oxygen atoms in total. The summed E-state index contributed by atoms with van der Waals surface area (Å²) in [4.78, 5) is 12.2. The fourth-order valence-electron chi connectivity index (χ4n) is 2.78. The lowest BCUT2D eigenvalue weighted by Gasteiger charge is -2.23. The summed E-state index contributed by atoms with van der Waals surface area (Å²) in [5, 5.41) is 11.8. The van der Waals surface area contributed by atoms with Crippen LogP contribution in [0.25, 0.3) is 0 Å². The van der Waals surface area contributed by atoms with Crippen molar-refractivity contribution >= 4 is 5.91 Å². The van der Waals surface area contributed by atoms with E-state index in [4.69, 9.17) is 9.84 Å². The van der Waals surface area contributed by atoms with E-state index in [1.807, 2.05) is 25.1 Å². The summed E-state index contributed by atoms with van der Waals surface area (Å²) in [6.07, 6.45) is 6.96. The first kappa shape index (κ1) is 16.8. The summed E-state index contributed by atoms with van der Waals surface area (Å²) in [6, 6.07) is 7.41. The zero-order valence-electron chi connectivity index (χ0n) is 13.4. The number of hydrogen-bond acceptors (Lipinski definition) is 3. The van der Waals surface area contributed by atoms with Gasteiger partial charge in [-0.15, -0.1) is 0 Å². The Morgan fingerprint density at radius 1 is 1.36 bits per heavy atom. The second-order valence-electron chi connectivity index (χ2n) is 6.23. The maximum absolute atomic E-state index is 12.2. The second-order valence-corrected chi connectivity index (χ2v) is 6.23. The molecule has 2 N–H and O–H groups in total. The van der Waals surface area contributed by atoms with Crippen molar-refractivity contribution < 1.29 is 14.6 Å². The Bertz CT molecular complexity index is 469. The van der Waals surface area contributed by atoms with Gasteiger partial charge in [-0.05, 0) is 56.2 Å². The topological polar surface area (TPSA) is 58.6 Å². The molecule has 0 spiro atoms. The summed E-state index contributed by atoms with van der Waals surface area (Å²) in [5.74, 6) is 0.970. The fraction of sp³-hybridized carbons (Fsp3) is 0.611. The average Bonchev–Trinajstić information content (AvgIpc) is 2.54. The highest BCUT2D eigenvalue weighted by molar-refractivity contribution is 5.94. The van der Waals surface area contributed by atoms with Crippen molar-refractivity contribution in [3.63, 3.8) is 0 Å². The largest absolute Gasteiger partial charge is 0.490 e. The summed E-state index contributed by atoms with van der Waals surface area (Å²) in [6.45, 7) is 2.74. The predicted molar refractivity (Wildman–Crippen MR) is 87.1 cm³/mol. The minimum absolute atomic E-state index is 0.0844. The number of carbonyl (C=O) groups is 1. The first-order valence-electron chi connectivity index (χ1n) is 8.35. The van der Waals surface area contributed by atoms with Gasteiger partial charge < -0.3 is 15.2 Å². The van der Waals surface area contributed by atoms with Gasteiger partial charge in [0.1, 0.15) is 5.75 Å². The van der Waals surface area contributed by atoms with E-state index in [1.54, 1.807) is 6.07 Å². The fourth-order valence-corrected chi connectivity index (χ4v) is 2.78. The Kier molecular flexibility index (Phi) is 6.72. The summed E-state index contributed by atoms with van der Waals surface area (Å²) >= 11 is 0. The molecule has 0 aromatic heterocycles. The van der Waals surface area contributed by atoms with Crippen LogP contribution in [0.4, 0.5) is 0 Å². The lowest BCUT2D eigenvalue weighted by Crippen LogP contribution is -2.28. The molecule has 0 heterocycles. The van der Waals surface area contributed by atoms with E-state index in [2.05, 4.69) is 5.32 Å². The van der Waals surface area contributed by atoms with E-state index < -0.39 is 0 Å². The number of hydrogen-bond donors (Lipinski definition) is 2. The lowest BCUT2D eigenvalue weighted by atomic mass is 9.98. The number of aliphatic hydroxyl groups excluding tert-OH is 1. The Labute approximate surface area is 132 Å². The minimum atomic E-state index is -0.0844. The van der Waals surface area contributed by atoms with Crippen molar-refractivity contribution in [2.75, 3.05) is 13.2 Å². The molecular weight excluding hydrogens is 278 g/mol. The van der Waals surface area contributed by atoms with Gasteiger partial charge in [0.15, 0.2) is 0 Å². The number of carbonyl (C=O) groups excluding carboxylic acids is 1. The molecule has 22 heavy (non-hydrogen) atoms. The molecule has 0 bridgehead atoms. The van der Waals surface area contributed by atoms with Crippen molar-refractivity contribution in [3.8, 4) is 5.75 Å². The Hall–Kier alpha value is -1.55. The number of rotatable bonds is 7. The molecule has 1 aliphatic carbocycles. The highest BCUT2D eigenvalue weighted by atomic mass is 16.5. The van der Waals surface area contributed by atoms with Crippen LogP contribution in [-0.2, 0) is 0 Å². The van der Waals surface area contributed by atoms with Crippen LogP contribution in [0.2, 0.25) is 0 Å². The van der Waals surface area contributed by atoms with Crippen molar-refractivity contribution in [1.82, 2.24) is 5.32 Å². The van der Waals surface area contributed by atoms with Gasteiger partial charge in [-0.3, -0.25) is 4.79 Å². The first-order valence-corrected chi connectivity index (χ1v) is 8.35. The number of benzene rings is 1. The molecule has 1 fully saturated rings. The van der Waals surface area contributed by atoms with Crippen molar-refractivity contribution in [3.05, 3.63) is 29.8 Å². The highest BCUT2D eigenvalue weighted by Crippen LogP contribution is 2.23. The van der Waals surface area contributed by atoms with Crippen LogP contribution in [-0.4, -0.2) is 30.3 Å². The smallest absolute Gasteiger partial charge is 0.251 e. The van der Waals surface area contributed by atoms with Gasteiger partial charge in [-0.25, -0.2) is 0 Å². The molecule has 0 saturated heterocycles. The molecule has 0 aliphatic heterocycles. The molecule has 122 valence electrons. The number of ether oxygens (including phenoxy) is 1. The maximum atomic E-state index is 12.2. The molecule has 1 saturated carbocycles. The van der Waals surface area contributed by atoms with Crippen LogP contribution >= 0.6 is 0 Å². The van der Waals surface area contributed by atoms with Crippen LogP contribution in [0.1, 0.15) is 55.8 Å². The Balaban J connectivity index is 1.88. The van der Waals surface area contributed by atoms with E-state index in [0.717, 1.165) is 18.6 Å². The monoisotopic (exact) mass is 305 g/mol. The maximum Gasteiger partial charge on any atom is 0.251 e. The van der Waals surface area contributed by atoms with Crippen LogP contribution < -0.4 is 10.1 Å². The number of amides is 1. The summed E-state index contributed by atoms with van der Waals surface area (Å²) < 4.78 is 6.00. The van der Waals surface area contributed by atoms with E-state index in [1.165, 1.54) is 19.3 Å². The van der Waals surface area contributed by atoms with Gasteiger partial charge in [0.2, 0.25) is 0 Å². The number of nitrogens with one attached hydrogen (secondary N) is 1. The van der Waals surface area contributed by atoms with Gasteiger partial charge in [0.05, 0.1) is 6.10 Å². The summed E-state index contributed by atoms with van der Waals surface area (Å²) in [5.41, 5.74) is 0.629. The zero-order chi connectivity index (χ0) is 15.8. The third-order valence-electron chi connectivity index (χ3n) is 4.18. The minimum Gasteiger partial charge on any atom is -0.490 e. The van der Waals surface area contributed by atoms with E-state index >= 15 is 0 Å². The zero-order valence-corrected chi connectivity index (χ0v) is 13.4. The van der Waals surface area contributed by atoms with Gasteiger partial charge in [0.25, 0.3) is 5.91 Å². The Morgan fingerprint density at radius 3 is 2.86 bits per heavy atom. The van der Waals surface area contributed by atoms with Crippen LogP contribution in [0.5, 0.6) is 5.75 Å². The molecule has 1 aliphatic rings. The quantitative estimate of drug-likeness (QED) is 0.813. The van der Waals surface area contributed by atoms with Gasteiger partial charge in [-0.1, -0.05) is 19.4 Å². The average molecular weight is 305 g/mol. The van der Waals surface area contributed by atoms with Crippen LogP contribution in [0, 0.1) is 5.92 Å². The first-order chi connectivity index (χ1) is 10.7. The third kappa shape index (κ3) is 5.34. The molecule has 1 unspecified atom stereocenters. The molecule has 1 amide bonds. The van der Waals surface area contributed by atoms with Gasteiger partial charge >= 0.3 is 0 Å². The van der Waals surface area contributed by atoms with Gasteiger partial charge in [0, 0.05) is 18.7 Å².